The first-order valence-electron chi connectivity index (χ1n) is 12.2. The number of carbonyl (C=O) groups excluding carboxylic acids is 1. The summed E-state index contributed by atoms with van der Waals surface area (Å²) in [5, 5.41) is 19.2. The Morgan fingerprint density at radius 3 is 2.69 bits per heavy atom. The van der Waals surface area contributed by atoms with Crippen LogP contribution in [0, 0.1) is 17.2 Å². The molecule has 1 N–H and O–H groups in total. The van der Waals surface area contributed by atoms with Gasteiger partial charge in [0.1, 0.15) is 11.7 Å². The number of rotatable bonds is 7. The van der Waals surface area contributed by atoms with Gasteiger partial charge in [-0.25, -0.2) is 4.98 Å². The predicted octanol–water partition coefficient (Wildman–Crippen LogP) is 3.97. The molecule has 0 aliphatic carbocycles. The Hall–Kier alpha value is -3.73. The van der Waals surface area contributed by atoms with Crippen molar-refractivity contribution in [2.24, 2.45) is 5.92 Å². The van der Waals surface area contributed by atoms with E-state index < -0.39 is 0 Å². The van der Waals surface area contributed by atoms with Crippen molar-refractivity contribution in [2.45, 2.75) is 32.5 Å². The van der Waals surface area contributed by atoms with Gasteiger partial charge in [-0.1, -0.05) is 49.4 Å². The molecule has 7 heteroatoms. The van der Waals surface area contributed by atoms with Crippen LogP contribution in [-0.2, 0) is 6.54 Å². The number of hydrogen-bond donors (Lipinski definition) is 1. The Morgan fingerprint density at radius 1 is 1.19 bits per heavy atom. The molecule has 3 atom stereocenters. The molecule has 36 heavy (non-hydrogen) atoms. The molecule has 0 fully saturated rings. The summed E-state index contributed by atoms with van der Waals surface area (Å²) in [4.78, 5) is 22.1. The third-order valence-electron chi connectivity index (χ3n) is 6.63. The molecule has 2 aromatic carbocycles. The van der Waals surface area contributed by atoms with E-state index in [9.17, 15) is 15.2 Å². The molecule has 0 bridgehead atoms. The summed E-state index contributed by atoms with van der Waals surface area (Å²) in [6.07, 6.45) is 1.47. The first kappa shape index (κ1) is 25.4. The average molecular weight is 485 g/mol. The number of nitrogens with zero attached hydrogens (tertiary/aromatic N) is 4. The van der Waals surface area contributed by atoms with Crippen molar-refractivity contribution in [1.29, 1.82) is 5.26 Å². The Kier molecular flexibility index (Phi) is 7.99. The maximum absolute atomic E-state index is 13.6. The van der Waals surface area contributed by atoms with Crippen LogP contribution in [0.5, 0.6) is 5.88 Å². The molecule has 0 radical (unpaired) electrons. The lowest BCUT2D eigenvalue weighted by Crippen LogP contribution is -2.49. The maximum Gasteiger partial charge on any atom is 0.259 e. The molecule has 3 aromatic rings. The molecular weight excluding hydrogens is 452 g/mol. The lowest BCUT2D eigenvalue weighted by atomic mass is 9.98. The van der Waals surface area contributed by atoms with E-state index in [0.717, 1.165) is 17.7 Å². The van der Waals surface area contributed by atoms with E-state index in [1.165, 1.54) is 5.56 Å². The van der Waals surface area contributed by atoms with E-state index in [1.807, 2.05) is 37.3 Å². The second-order valence-corrected chi connectivity index (χ2v) is 9.57. The zero-order valence-corrected chi connectivity index (χ0v) is 21.0. The quantitative estimate of drug-likeness (QED) is 0.546. The Labute approximate surface area is 212 Å². The summed E-state index contributed by atoms with van der Waals surface area (Å²) in [5.41, 5.74) is 3.64. The van der Waals surface area contributed by atoms with Crippen LogP contribution in [0.15, 0.2) is 66.9 Å². The second-order valence-electron chi connectivity index (χ2n) is 9.57. The van der Waals surface area contributed by atoms with Gasteiger partial charge in [-0.05, 0) is 43.3 Å². The number of nitriles is 1. The van der Waals surface area contributed by atoms with Gasteiger partial charge in [0, 0.05) is 37.3 Å². The normalized spacial score (nSPS) is 18.6. The summed E-state index contributed by atoms with van der Waals surface area (Å²) in [6, 6.07) is 21.0. The molecule has 186 valence electrons. The minimum Gasteiger partial charge on any atom is -0.472 e. The molecule has 2 heterocycles. The first-order valence-corrected chi connectivity index (χ1v) is 12.2. The van der Waals surface area contributed by atoms with E-state index in [2.05, 4.69) is 42.1 Å². The first-order chi connectivity index (χ1) is 17.4. The van der Waals surface area contributed by atoms with Crippen molar-refractivity contribution < 1.29 is 14.6 Å². The molecule has 1 aromatic heterocycles. The number of carbonyl (C=O) groups is 1. The van der Waals surface area contributed by atoms with E-state index in [1.54, 1.807) is 29.3 Å². The van der Waals surface area contributed by atoms with Crippen molar-refractivity contribution in [3.05, 3.63) is 83.6 Å². The van der Waals surface area contributed by atoms with Crippen molar-refractivity contribution in [2.75, 3.05) is 26.7 Å². The summed E-state index contributed by atoms with van der Waals surface area (Å²) in [6.45, 7) is 5.66. The molecule has 1 aliphatic heterocycles. The van der Waals surface area contributed by atoms with Crippen LogP contribution in [-0.4, -0.2) is 64.7 Å². The molecule has 0 saturated carbocycles. The standard InChI is InChI=1S/C29H32N4O3/c1-20-16-33(21(2)19-34)29(35)26-13-25(24-11-7-10-23(12-24)14-30)15-31-28(26)36-27(20)18-32(3)17-22-8-5-4-6-9-22/h4-13,15,20-21,27,34H,16-19H2,1-3H3/t20-,21-,27+/m0/s1. The number of benzene rings is 2. The van der Waals surface area contributed by atoms with Crippen LogP contribution in [0.25, 0.3) is 11.1 Å². The number of ether oxygens (including phenoxy) is 1. The highest BCUT2D eigenvalue weighted by Gasteiger charge is 2.34. The Bertz CT molecular complexity index is 1240. The van der Waals surface area contributed by atoms with Gasteiger partial charge in [-0.3, -0.25) is 9.69 Å². The number of aromatic nitrogens is 1. The topological polar surface area (TPSA) is 89.7 Å². The number of aliphatic hydroxyl groups is 1. The molecule has 1 amide bonds. The highest BCUT2D eigenvalue weighted by Crippen LogP contribution is 2.30. The van der Waals surface area contributed by atoms with Crippen LogP contribution < -0.4 is 4.74 Å². The fraction of sp³-hybridized carbons (Fsp3) is 0.345. The van der Waals surface area contributed by atoms with Crippen molar-refractivity contribution in [3.63, 3.8) is 0 Å². The lowest BCUT2D eigenvalue weighted by molar-refractivity contribution is 0.0325. The number of likely N-dealkylation sites (N-methyl/N-ethyl adjacent to an activating group) is 1. The highest BCUT2D eigenvalue weighted by molar-refractivity contribution is 5.98. The monoisotopic (exact) mass is 484 g/mol. The summed E-state index contributed by atoms with van der Waals surface area (Å²) >= 11 is 0. The van der Waals surface area contributed by atoms with Crippen LogP contribution in [0.2, 0.25) is 0 Å². The fourth-order valence-corrected chi connectivity index (χ4v) is 4.51. The number of fused-ring (bicyclic) bond motifs is 1. The minimum absolute atomic E-state index is 0.0168. The van der Waals surface area contributed by atoms with Gasteiger partial charge in [0.2, 0.25) is 5.88 Å². The molecule has 4 rings (SSSR count). The smallest absolute Gasteiger partial charge is 0.259 e. The lowest BCUT2D eigenvalue weighted by Gasteiger charge is -2.37. The van der Waals surface area contributed by atoms with Gasteiger partial charge in [-0.15, -0.1) is 0 Å². The molecule has 0 unspecified atom stereocenters. The summed E-state index contributed by atoms with van der Waals surface area (Å²) < 4.78 is 6.41. The van der Waals surface area contributed by atoms with Crippen molar-refractivity contribution >= 4 is 5.91 Å². The molecule has 1 aliphatic rings. The Morgan fingerprint density at radius 2 is 1.97 bits per heavy atom. The van der Waals surface area contributed by atoms with Gasteiger partial charge in [0.25, 0.3) is 5.91 Å². The maximum atomic E-state index is 13.6. The largest absolute Gasteiger partial charge is 0.472 e. The molecular formula is C29H32N4O3. The predicted molar refractivity (Wildman–Crippen MR) is 138 cm³/mol. The fourth-order valence-electron chi connectivity index (χ4n) is 4.51. The minimum atomic E-state index is -0.348. The van der Waals surface area contributed by atoms with E-state index >= 15 is 0 Å². The van der Waals surface area contributed by atoms with Gasteiger partial charge in [0.15, 0.2) is 0 Å². The number of amides is 1. The molecule has 0 saturated heterocycles. The van der Waals surface area contributed by atoms with Gasteiger partial charge in [-0.2, -0.15) is 5.26 Å². The zero-order valence-electron chi connectivity index (χ0n) is 21.0. The third kappa shape index (κ3) is 5.73. The average Bonchev–Trinajstić information content (AvgIpc) is 2.90. The van der Waals surface area contributed by atoms with E-state index in [4.69, 9.17) is 4.74 Å². The number of hydrogen-bond acceptors (Lipinski definition) is 6. The Balaban J connectivity index is 1.67. The van der Waals surface area contributed by atoms with Crippen molar-refractivity contribution in [3.8, 4) is 23.1 Å². The van der Waals surface area contributed by atoms with Crippen LogP contribution in [0.4, 0.5) is 0 Å². The van der Waals surface area contributed by atoms with Gasteiger partial charge >= 0.3 is 0 Å². The number of aliphatic hydroxyl groups excluding tert-OH is 1. The molecule has 0 spiro atoms. The van der Waals surface area contributed by atoms with E-state index in [0.29, 0.717) is 30.1 Å². The van der Waals surface area contributed by atoms with Crippen LogP contribution in [0.1, 0.15) is 35.3 Å². The van der Waals surface area contributed by atoms with Crippen LogP contribution >= 0.6 is 0 Å². The molecule has 7 nitrogen and oxygen atoms in total. The van der Waals surface area contributed by atoms with Gasteiger partial charge < -0.3 is 14.7 Å². The zero-order chi connectivity index (χ0) is 25.7. The van der Waals surface area contributed by atoms with E-state index in [-0.39, 0.29) is 30.6 Å². The summed E-state index contributed by atoms with van der Waals surface area (Å²) in [7, 11) is 2.06. The third-order valence-corrected chi connectivity index (χ3v) is 6.63. The SMILES string of the molecule is C[C@H]1CN([C@@H](C)CO)C(=O)c2cc(-c3cccc(C#N)c3)cnc2O[C@@H]1CN(C)Cc1ccccc1. The van der Waals surface area contributed by atoms with Crippen molar-refractivity contribution in [1.82, 2.24) is 14.8 Å². The second kappa shape index (κ2) is 11.3. The summed E-state index contributed by atoms with van der Waals surface area (Å²) in [5.74, 6) is 0.0865. The number of pyridine rings is 1. The van der Waals surface area contributed by atoms with Crippen LogP contribution in [0.3, 0.4) is 0 Å². The highest BCUT2D eigenvalue weighted by atomic mass is 16.5. The van der Waals surface area contributed by atoms with Gasteiger partial charge in [0.05, 0.1) is 24.3 Å².